The molecule has 1 unspecified atom stereocenters. The largest absolute Gasteiger partial charge is 0.598 e. The van der Waals surface area contributed by atoms with Crippen molar-refractivity contribution >= 4 is 32.3 Å². The Labute approximate surface area is 179 Å². The molecule has 0 amide bonds. The maximum absolute atomic E-state index is 13.5. The number of rotatable bonds is 4. The molecule has 1 N–H and O–H groups in total. The third kappa shape index (κ3) is 3.66. The van der Waals surface area contributed by atoms with Crippen molar-refractivity contribution in [1.82, 2.24) is 8.69 Å². The first-order chi connectivity index (χ1) is 14.1. The predicted molar refractivity (Wildman–Crippen MR) is 118 cm³/mol. The van der Waals surface area contributed by atoms with Crippen molar-refractivity contribution in [3.8, 4) is 0 Å². The quantitative estimate of drug-likeness (QED) is 0.599. The second kappa shape index (κ2) is 7.67. The van der Waals surface area contributed by atoms with E-state index in [1.54, 1.807) is 12.1 Å². The van der Waals surface area contributed by atoms with Gasteiger partial charge in [-0.25, -0.2) is 16.8 Å². The molecule has 8 heteroatoms. The maximum Gasteiger partial charge on any atom is 0.268 e. The van der Waals surface area contributed by atoms with Crippen LogP contribution in [0, 0.1) is 5.82 Å². The van der Waals surface area contributed by atoms with Gasteiger partial charge in [0, 0.05) is 28.0 Å². The van der Waals surface area contributed by atoms with Crippen LogP contribution in [0.1, 0.15) is 50.9 Å². The number of nitrogens with one attached hydrogen (secondary N) is 1. The molecular formula is C22H25FN2O3S2. The molecule has 3 aromatic rings. The van der Waals surface area contributed by atoms with E-state index in [2.05, 4.69) is 4.72 Å². The van der Waals surface area contributed by atoms with E-state index in [4.69, 9.17) is 0 Å². The van der Waals surface area contributed by atoms with E-state index in [-0.39, 0.29) is 10.9 Å². The van der Waals surface area contributed by atoms with E-state index >= 15 is 0 Å². The summed E-state index contributed by atoms with van der Waals surface area (Å²) in [5.74, 6) is -0.484. The summed E-state index contributed by atoms with van der Waals surface area (Å²) in [6.45, 7) is 5.71. The Morgan fingerprint density at radius 1 is 1.13 bits per heavy atom. The highest BCUT2D eigenvalue weighted by atomic mass is 32.2. The Balaban J connectivity index is 1.91. The summed E-state index contributed by atoms with van der Waals surface area (Å²) in [6, 6.07) is 12.1. The lowest BCUT2D eigenvalue weighted by Crippen LogP contribution is -2.42. The van der Waals surface area contributed by atoms with Crippen molar-refractivity contribution in [3.05, 3.63) is 65.6 Å². The van der Waals surface area contributed by atoms with E-state index in [0.717, 1.165) is 35.9 Å². The molecule has 2 atom stereocenters. The number of aromatic nitrogens is 1. The summed E-state index contributed by atoms with van der Waals surface area (Å²) >= 11 is -1.29. The van der Waals surface area contributed by atoms with Crippen LogP contribution in [0.15, 0.2) is 53.4 Å². The molecule has 160 valence electrons. The SMILES string of the molecule is CC(C)(C)[S+]([O-])N[C@@H]1CCCc2c1c1ccccc1n2S(=O)(=O)c1ccc(F)cc1. The average Bonchev–Trinajstić information content (AvgIpc) is 3.03. The van der Waals surface area contributed by atoms with Gasteiger partial charge in [0.2, 0.25) is 0 Å². The average molecular weight is 449 g/mol. The van der Waals surface area contributed by atoms with E-state index in [0.29, 0.717) is 17.6 Å². The molecule has 1 heterocycles. The topological polar surface area (TPSA) is 74.2 Å². The van der Waals surface area contributed by atoms with Crippen molar-refractivity contribution in [2.24, 2.45) is 0 Å². The van der Waals surface area contributed by atoms with Gasteiger partial charge in [0.1, 0.15) is 10.6 Å². The van der Waals surface area contributed by atoms with Crippen LogP contribution >= 0.6 is 0 Å². The number of para-hydroxylation sites is 1. The standard InChI is InChI=1S/C22H25FN2O3S2/c1-22(2,3)29(26)24-18-8-6-10-20-21(18)17-7-4-5-9-19(17)25(20)30(27,28)16-13-11-15(23)12-14-16/h4-5,7,9,11-14,18,24H,6,8,10H2,1-3H3/t18-,29?/m1/s1. The van der Waals surface area contributed by atoms with E-state index in [9.17, 15) is 17.4 Å². The monoisotopic (exact) mass is 448 g/mol. The number of halogens is 1. The molecule has 30 heavy (non-hydrogen) atoms. The Hall–Kier alpha value is -1.87. The highest BCUT2D eigenvalue weighted by Gasteiger charge is 2.36. The van der Waals surface area contributed by atoms with Crippen LogP contribution in [0.3, 0.4) is 0 Å². The zero-order valence-corrected chi connectivity index (χ0v) is 18.8. The van der Waals surface area contributed by atoms with Gasteiger partial charge in [-0.05, 0) is 70.4 Å². The van der Waals surface area contributed by atoms with Crippen molar-refractivity contribution in [2.75, 3.05) is 0 Å². The fraction of sp³-hybridized carbons (Fsp3) is 0.364. The van der Waals surface area contributed by atoms with Crippen molar-refractivity contribution < 1.29 is 17.4 Å². The Morgan fingerprint density at radius 2 is 1.80 bits per heavy atom. The van der Waals surface area contributed by atoms with Gasteiger partial charge in [0.15, 0.2) is 0 Å². The lowest BCUT2D eigenvalue weighted by molar-refractivity contribution is 0.488. The first-order valence-corrected chi connectivity index (χ1v) is 12.5. The maximum atomic E-state index is 13.5. The lowest BCUT2D eigenvalue weighted by atomic mass is 9.91. The fourth-order valence-corrected chi connectivity index (χ4v) is 6.38. The summed E-state index contributed by atoms with van der Waals surface area (Å²) in [7, 11) is -3.91. The normalized spacial score (nSPS) is 18.4. The summed E-state index contributed by atoms with van der Waals surface area (Å²) < 4.78 is 57.4. The van der Waals surface area contributed by atoms with Gasteiger partial charge in [0.25, 0.3) is 10.0 Å². The first kappa shape index (κ1) is 21.4. The number of hydrogen-bond acceptors (Lipinski definition) is 4. The molecular weight excluding hydrogens is 423 g/mol. The summed E-state index contributed by atoms with van der Waals surface area (Å²) in [4.78, 5) is 0.0424. The van der Waals surface area contributed by atoms with Gasteiger partial charge >= 0.3 is 0 Å². The predicted octanol–water partition coefficient (Wildman–Crippen LogP) is 4.45. The van der Waals surface area contributed by atoms with Gasteiger partial charge in [-0.1, -0.05) is 18.2 Å². The van der Waals surface area contributed by atoms with Gasteiger partial charge in [-0.15, -0.1) is 4.72 Å². The molecule has 2 aromatic carbocycles. The van der Waals surface area contributed by atoms with Gasteiger partial charge in [0.05, 0.1) is 16.5 Å². The highest BCUT2D eigenvalue weighted by Crippen LogP contribution is 2.40. The van der Waals surface area contributed by atoms with Gasteiger partial charge < -0.3 is 4.55 Å². The van der Waals surface area contributed by atoms with Crippen LogP contribution in [0.2, 0.25) is 0 Å². The molecule has 4 rings (SSSR count). The Kier molecular flexibility index (Phi) is 5.47. The molecule has 1 aliphatic rings. The minimum atomic E-state index is -3.91. The van der Waals surface area contributed by atoms with Crippen LogP contribution < -0.4 is 4.72 Å². The molecule has 0 spiro atoms. The molecule has 1 aliphatic carbocycles. The van der Waals surface area contributed by atoms with Crippen molar-refractivity contribution in [2.45, 2.75) is 55.7 Å². The van der Waals surface area contributed by atoms with Crippen molar-refractivity contribution in [3.63, 3.8) is 0 Å². The minimum absolute atomic E-state index is 0.0424. The third-order valence-electron chi connectivity index (χ3n) is 5.38. The molecule has 5 nitrogen and oxygen atoms in total. The van der Waals surface area contributed by atoms with Crippen LogP contribution in [0.4, 0.5) is 4.39 Å². The molecule has 0 saturated heterocycles. The summed E-state index contributed by atoms with van der Waals surface area (Å²) in [5.41, 5.74) is 2.18. The van der Waals surface area contributed by atoms with E-state index in [1.165, 1.54) is 16.1 Å². The molecule has 0 fully saturated rings. The highest BCUT2D eigenvalue weighted by molar-refractivity contribution is 7.91. The minimum Gasteiger partial charge on any atom is -0.598 e. The third-order valence-corrected chi connectivity index (χ3v) is 8.76. The van der Waals surface area contributed by atoms with Crippen LogP contribution in [0.25, 0.3) is 10.9 Å². The van der Waals surface area contributed by atoms with Crippen LogP contribution in [0.5, 0.6) is 0 Å². The summed E-state index contributed by atoms with van der Waals surface area (Å²) in [5, 5.41) is 0.835. The van der Waals surface area contributed by atoms with E-state index in [1.807, 2.05) is 32.9 Å². The summed E-state index contributed by atoms with van der Waals surface area (Å²) in [6.07, 6.45) is 2.16. The van der Waals surface area contributed by atoms with Crippen LogP contribution in [-0.2, 0) is 27.8 Å². The number of nitrogens with zero attached hydrogens (tertiary/aromatic N) is 1. The molecule has 0 bridgehead atoms. The van der Waals surface area contributed by atoms with Crippen molar-refractivity contribution in [1.29, 1.82) is 0 Å². The zero-order chi connectivity index (χ0) is 21.7. The number of benzene rings is 2. The molecule has 1 aromatic heterocycles. The second-order valence-corrected chi connectivity index (χ2v) is 12.3. The lowest BCUT2D eigenvalue weighted by Gasteiger charge is -2.30. The molecule has 0 aliphatic heterocycles. The second-order valence-electron chi connectivity index (χ2n) is 8.54. The van der Waals surface area contributed by atoms with Gasteiger partial charge in [-0.2, -0.15) is 0 Å². The molecule has 0 saturated carbocycles. The van der Waals surface area contributed by atoms with Gasteiger partial charge in [-0.3, -0.25) is 0 Å². The van der Waals surface area contributed by atoms with Crippen LogP contribution in [-0.4, -0.2) is 21.7 Å². The Bertz CT molecular complexity index is 1180. The number of fused-ring (bicyclic) bond motifs is 3. The number of hydrogen-bond donors (Lipinski definition) is 1. The fourth-order valence-electron chi connectivity index (χ4n) is 3.94. The zero-order valence-electron chi connectivity index (χ0n) is 17.2. The van der Waals surface area contributed by atoms with E-state index < -0.39 is 31.9 Å². The first-order valence-electron chi connectivity index (χ1n) is 9.92. The Morgan fingerprint density at radius 3 is 2.47 bits per heavy atom. The smallest absolute Gasteiger partial charge is 0.268 e. The molecule has 0 radical (unpaired) electrons.